The number of fused-ring (bicyclic) bond motifs is 1. The van der Waals surface area contributed by atoms with Gasteiger partial charge in [0.15, 0.2) is 5.78 Å². The fourth-order valence-corrected chi connectivity index (χ4v) is 2.82. The van der Waals surface area contributed by atoms with Crippen molar-refractivity contribution in [1.82, 2.24) is 4.90 Å². The largest absolute Gasteiger partial charge is 0.492 e. The minimum atomic E-state index is 0.0820. The van der Waals surface area contributed by atoms with Crippen molar-refractivity contribution in [1.29, 1.82) is 0 Å². The van der Waals surface area contributed by atoms with Crippen molar-refractivity contribution < 1.29 is 9.53 Å². The van der Waals surface area contributed by atoms with Gasteiger partial charge in [-0.2, -0.15) is 0 Å². The number of benzene rings is 2. The Hall–Kier alpha value is -2.13. The molecular formula is C19H21NO2. The van der Waals surface area contributed by atoms with Crippen LogP contribution in [0.2, 0.25) is 0 Å². The first-order valence-electron chi connectivity index (χ1n) is 7.75. The topological polar surface area (TPSA) is 29.5 Å². The molecule has 0 saturated carbocycles. The third kappa shape index (κ3) is 3.55. The van der Waals surface area contributed by atoms with E-state index in [4.69, 9.17) is 4.74 Å². The van der Waals surface area contributed by atoms with Crippen LogP contribution < -0.4 is 4.74 Å². The number of ether oxygens (including phenoxy) is 1. The molecule has 0 saturated heterocycles. The molecule has 1 aliphatic rings. The first kappa shape index (κ1) is 14.8. The first-order chi connectivity index (χ1) is 10.7. The van der Waals surface area contributed by atoms with Gasteiger partial charge >= 0.3 is 0 Å². The Kier molecular flexibility index (Phi) is 4.54. The summed E-state index contributed by atoms with van der Waals surface area (Å²) in [7, 11) is 0. The van der Waals surface area contributed by atoms with Crippen LogP contribution in [0.3, 0.4) is 0 Å². The molecule has 0 spiro atoms. The van der Waals surface area contributed by atoms with Gasteiger partial charge in [0.1, 0.15) is 12.4 Å². The van der Waals surface area contributed by atoms with E-state index in [9.17, 15) is 4.79 Å². The van der Waals surface area contributed by atoms with Gasteiger partial charge in [-0.25, -0.2) is 0 Å². The highest BCUT2D eigenvalue weighted by Gasteiger charge is 2.15. The average molecular weight is 295 g/mol. The summed E-state index contributed by atoms with van der Waals surface area (Å²) in [5.74, 6) is 0.904. The molecule has 2 aromatic carbocycles. The summed E-state index contributed by atoms with van der Waals surface area (Å²) in [6.45, 7) is 5.25. The van der Waals surface area contributed by atoms with Crippen molar-refractivity contribution in [2.75, 3.05) is 19.7 Å². The number of ketones is 1. The lowest BCUT2D eigenvalue weighted by molar-refractivity contribution is 0.101. The fraction of sp³-hybridized carbons (Fsp3) is 0.316. The summed E-state index contributed by atoms with van der Waals surface area (Å²) in [6, 6.07) is 16.0. The van der Waals surface area contributed by atoms with Gasteiger partial charge in [0, 0.05) is 25.2 Å². The van der Waals surface area contributed by atoms with Crippen LogP contribution in [-0.2, 0) is 13.0 Å². The molecule has 2 aromatic rings. The van der Waals surface area contributed by atoms with Crippen molar-refractivity contribution >= 4 is 5.78 Å². The average Bonchev–Trinajstić information content (AvgIpc) is 2.55. The van der Waals surface area contributed by atoms with E-state index < -0.39 is 0 Å². The molecule has 114 valence electrons. The van der Waals surface area contributed by atoms with E-state index in [1.807, 2.05) is 24.3 Å². The number of carbonyl (C=O) groups is 1. The predicted octanol–water partition coefficient (Wildman–Crippen LogP) is 3.33. The quantitative estimate of drug-likeness (QED) is 0.792. The van der Waals surface area contributed by atoms with E-state index >= 15 is 0 Å². The Bertz CT molecular complexity index is 649. The fourth-order valence-electron chi connectivity index (χ4n) is 2.82. The SMILES string of the molecule is CC(=O)c1ccc(OCCN2CCc3ccccc3C2)cc1. The Morgan fingerprint density at radius 1 is 1.09 bits per heavy atom. The van der Waals surface area contributed by atoms with Crippen LogP contribution in [0.5, 0.6) is 5.75 Å². The predicted molar refractivity (Wildman–Crippen MR) is 87.4 cm³/mol. The van der Waals surface area contributed by atoms with Crippen LogP contribution in [0.25, 0.3) is 0 Å². The lowest BCUT2D eigenvalue weighted by Crippen LogP contribution is -2.33. The monoisotopic (exact) mass is 295 g/mol. The highest BCUT2D eigenvalue weighted by molar-refractivity contribution is 5.94. The lowest BCUT2D eigenvalue weighted by atomic mass is 10.0. The smallest absolute Gasteiger partial charge is 0.159 e. The van der Waals surface area contributed by atoms with E-state index in [1.54, 1.807) is 6.92 Å². The standard InChI is InChI=1S/C19H21NO2/c1-15(21)16-6-8-19(9-7-16)22-13-12-20-11-10-17-4-2-3-5-18(17)14-20/h2-9H,10-14H2,1H3. The van der Waals surface area contributed by atoms with Gasteiger partial charge in [0.2, 0.25) is 0 Å². The van der Waals surface area contributed by atoms with Crippen LogP contribution in [0.4, 0.5) is 0 Å². The number of rotatable bonds is 5. The third-order valence-electron chi connectivity index (χ3n) is 4.15. The maximum atomic E-state index is 11.2. The summed E-state index contributed by atoms with van der Waals surface area (Å²) >= 11 is 0. The molecule has 0 N–H and O–H groups in total. The van der Waals surface area contributed by atoms with Crippen LogP contribution in [-0.4, -0.2) is 30.4 Å². The number of carbonyl (C=O) groups excluding carboxylic acids is 1. The molecular weight excluding hydrogens is 274 g/mol. The lowest BCUT2D eigenvalue weighted by Gasteiger charge is -2.28. The summed E-state index contributed by atoms with van der Waals surface area (Å²) in [4.78, 5) is 13.7. The van der Waals surface area contributed by atoms with E-state index in [-0.39, 0.29) is 5.78 Å². The molecule has 0 fully saturated rings. The Morgan fingerprint density at radius 3 is 2.55 bits per heavy atom. The van der Waals surface area contributed by atoms with E-state index in [1.165, 1.54) is 11.1 Å². The van der Waals surface area contributed by atoms with Gasteiger partial charge in [-0.3, -0.25) is 9.69 Å². The van der Waals surface area contributed by atoms with Gasteiger partial charge < -0.3 is 4.74 Å². The normalized spacial score (nSPS) is 14.4. The van der Waals surface area contributed by atoms with Crippen LogP contribution in [0, 0.1) is 0 Å². The molecule has 3 heteroatoms. The van der Waals surface area contributed by atoms with Crippen LogP contribution >= 0.6 is 0 Å². The minimum absolute atomic E-state index is 0.0820. The second-order valence-corrected chi connectivity index (χ2v) is 5.72. The van der Waals surface area contributed by atoms with Gasteiger partial charge in [-0.1, -0.05) is 24.3 Å². The van der Waals surface area contributed by atoms with Crippen molar-refractivity contribution in [2.24, 2.45) is 0 Å². The molecule has 3 rings (SSSR count). The van der Waals surface area contributed by atoms with Crippen LogP contribution in [0.15, 0.2) is 48.5 Å². The maximum absolute atomic E-state index is 11.2. The zero-order valence-corrected chi connectivity index (χ0v) is 12.9. The molecule has 0 atom stereocenters. The Balaban J connectivity index is 1.49. The molecule has 0 radical (unpaired) electrons. The summed E-state index contributed by atoms with van der Waals surface area (Å²) in [6.07, 6.45) is 1.11. The number of Topliss-reactive ketones (excluding diaryl/α,β-unsaturated/α-hetero) is 1. The second-order valence-electron chi connectivity index (χ2n) is 5.72. The van der Waals surface area contributed by atoms with Crippen molar-refractivity contribution in [3.05, 3.63) is 65.2 Å². The molecule has 0 unspecified atom stereocenters. The van der Waals surface area contributed by atoms with Gasteiger partial charge in [-0.05, 0) is 48.7 Å². The number of hydrogen-bond acceptors (Lipinski definition) is 3. The zero-order chi connectivity index (χ0) is 15.4. The molecule has 0 aromatic heterocycles. The number of hydrogen-bond donors (Lipinski definition) is 0. The Morgan fingerprint density at radius 2 is 1.82 bits per heavy atom. The molecule has 0 amide bonds. The van der Waals surface area contributed by atoms with Gasteiger partial charge in [-0.15, -0.1) is 0 Å². The van der Waals surface area contributed by atoms with E-state index in [0.29, 0.717) is 6.61 Å². The summed E-state index contributed by atoms with van der Waals surface area (Å²) < 4.78 is 5.78. The third-order valence-corrected chi connectivity index (χ3v) is 4.15. The van der Waals surface area contributed by atoms with Gasteiger partial charge in [0.25, 0.3) is 0 Å². The molecule has 22 heavy (non-hydrogen) atoms. The zero-order valence-electron chi connectivity index (χ0n) is 12.9. The number of nitrogens with zero attached hydrogens (tertiary/aromatic N) is 1. The van der Waals surface area contributed by atoms with E-state index in [0.717, 1.165) is 37.4 Å². The van der Waals surface area contributed by atoms with Crippen molar-refractivity contribution in [2.45, 2.75) is 19.9 Å². The van der Waals surface area contributed by atoms with E-state index in [2.05, 4.69) is 29.2 Å². The first-order valence-corrected chi connectivity index (χ1v) is 7.75. The molecule has 0 bridgehead atoms. The molecule has 1 heterocycles. The Labute approximate surface area is 131 Å². The summed E-state index contributed by atoms with van der Waals surface area (Å²) in [5.41, 5.74) is 3.62. The molecule has 3 nitrogen and oxygen atoms in total. The maximum Gasteiger partial charge on any atom is 0.159 e. The second kappa shape index (κ2) is 6.75. The van der Waals surface area contributed by atoms with Crippen molar-refractivity contribution in [3.63, 3.8) is 0 Å². The summed E-state index contributed by atoms with van der Waals surface area (Å²) in [5, 5.41) is 0. The highest BCUT2D eigenvalue weighted by Crippen LogP contribution is 2.18. The van der Waals surface area contributed by atoms with Crippen molar-refractivity contribution in [3.8, 4) is 5.75 Å². The molecule has 0 aliphatic carbocycles. The highest BCUT2D eigenvalue weighted by atomic mass is 16.5. The minimum Gasteiger partial charge on any atom is -0.492 e. The molecule has 1 aliphatic heterocycles. The van der Waals surface area contributed by atoms with Gasteiger partial charge in [0.05, 0.1) is 0 Å². The van der Waals surface area contributed by atoms with Crippen LogP contribution in [0.1, 0.15) is 28.4 Å².